The van der Waals surface area contributed by atoms with Crippen LogP contribution >= 0.6 is 22.9 Å². The minimum Gasteiger partial charge on any atom is -0.342 e. The highest BCUT2D eigenvalue weighted by Crippen LogP contribution is 2.32. The molecule has 0 aliphatic carbocycles. The Kier molecular flexibility index (Phi) is 4.71. The lowest BCUT2D eigenvalue weighted by Crippen LogP contribution is -2.38. The molecule has 1 aromatic carbocycles. The SMILES string of the molecule is CC(C)c1sc(Cl)nc1C(=O)N1CCC(c2nc3ccccc3[nH]2)CC1. The number of hydrogen-bond donors (Lipinski definition) is 1. The van der Waals surface area contributed by atoms with E-state index in [-0.39, 0.29) is 11.8 Å². The first-order valence-electron chi connectivity index (χ1n) is 8.93. The molecule has 1 aliphatic rings. The largest absolute Gasteiger partial charge is 0.342 e. The van der Waals surface area contributed by atoms with E-state index in [9.17, 15) is 4.79 Å². The number of para-hydroxylation sites is 2. The van der Waals surface area contributed by atoms with Gasteiger partial charge in [-0.05, 0) is 30.9 Å². The number of H-pyrrole nitrogens is 1. The number of amides is 1. The molecule has 26 heavy (non-hydrogen) atoms. The number of benzene rings is 1. The third kappa shape index (κ3) is 3.23. The summed E-state index contributed by atoms with van der Waals surface area (Å²) >= 11 is 7.47. The number of halogens is 1. The first-order chi connectivity index (χ1) is 12.5. The first-order valence-corrected chi connectivity index (χ1v) is 10.1. The fourth-order valence-electron chi connectivity index (χ4n) is 3.52. The van der Waals surface area contributed by atoms with Crippen molar-refractivity contribution in [3.8, 4) is 0 Å². The van der Waals surface area contributed by atoms with Crippen LogP contribution in [0.4, 0.5) is 0 Å². The minimum atomic E-state index is -0.0000870. The van der Waals surface area contributed by atoms with Crippen molar-refractivity contribution in [2.24, 2.45) is 0 Å². The monoisotopic (exact) mass is 388 g/mol. The van der Waals surface area contributed by atoms with Gasteiger partial charge in [-0.1, -0.05) is 37.6 Å². The van der Waals surface area contributed by atoms with E-state index < -0.39 is 0 Å². The van der Waals surface area contributed by atoms with Gasteiger partial charge in [0.05, 0.1) is 11.0 Å². The van der Waals surface area contributed by atoms with Gasteiger partial charge in [-0.25, -0.2) is 9.97 Å². The fraction of sp³-hybridized carbons (Fsp3) is 0.421. The first kappa shape index (κ1) is 17.5. The number of nitrogens with zero attached hydrogens (tertiary/aromatic N) is 3. The molecule has 1 amide bonds. The van der Waals surface area contributed by atoms with Gasteiger partial charge in [-0.3, -0.25) is 4.79 Å². The van der Waals surface area contributed by atoms with Gasteiger partial charge in [0, 0.05) is 23.9 Å². The normalized spacial score (nSPS) is 15.9. The number of nitrogens with one attached hydrogen (secondary N) is 1. The highest BCUT2D eigenvalue weighted by molar-refractivity contribution is 7.16. The Bertz CT molecular complexity index is 907. The molecule has 3 aromatic rings. The summed E-state index contributed by atoms with van der Waals surface area (Å²) < 4.78 is 0.439. The van der Waals surface area contributed by atoms with E-state index in [2.05, 4.69) is 23.8 Å². The van der Waals surface area contributed by atoms with Crippen LogP contribution in [0, 0.1) is 0 Å². The number of piperidine rings is 1. The molecule has 1 N–H and O–H groups in total. The number of hydrogen-bond acceptors (Lipinski definition) is 4. The lowest BCUT2D eigenvalue weighted by atomic mass is 9.96. The van der Waals surface area contributed by atoms with Gasteiger partial charge in [0.15, 0.2) is 4.47 Å². The van der Waals surface area contributed by atoms with Crippen LogP contribution in [0.5, 0.6) is 0 Å². The van der Waals surface area contributed by atoms with Gasteiger partial charge in [0.1, 0.15) is 11.5 Å². The molecule has 1 aliphatic heterocycles. The van der Waals surface area contributed by atoms with Crippen molar-refractivity contribution in [1.29, 1.82) is 0 Å². The lowest BCUT2D eigenvalue weighted by Gasteiger charge is -2.31. The van der Waals surface area contributed by atoms with Crippen LogP contribution in [-0.4, -0.2) is 38.8 Å². The Labute approximate surface area is 161 Å². The topological polar surface area (TPSA) is 61.9 Å². The molecule has 0 atom stereocenters. The number of carbonyl (C=O) groups excluding carboxylic acids is 1. The van der Waals surface area contributed by atoms with Crippen molar-refractivity contribution in [3.63, 3.8) is 0 Å². The lowest BCUT2D eigenvalue weighted by molar-refractivity contribution is 0.0704. The second-order valence-electron chi connectivity index (χ2n) is 7.04. The van der Waals surface area contributed by atoms with Gasteiger partial charge in [-0.2, -0.15) is 0 Å². The number of likely N-dealkylation sites (tertiary alicyclic amines) is 1. The predicted octanol–water partition coefficient (Wildman–Crippen LogP) is 4.82. The highest BCUT2D eigenvalue weighted by Gasteiger charge is 2.29. The van der Waals surface area contributed by atoms with Crippen molar-refractivity contribution < 1.29 is 4.79 Å². The number of aromatic nitrogens is 3. The van der Waals surface area contributed by atoms with E-state index in [0.29, 0.717) is 29.2 Å². The Morgan fingerprint density at radius 1 is 1.27 bits per heavy atom. The maximum atomic E-state index is 12.9. The standard InChI is InChI=1S/C19H21ClN4OS/c1-11(2)16-15(23-19(20)26-16)18(25)24-9-7-12(8-10-24)17-21-13-5-3-4-6-14(13)22-17/h3-6,11-12H,7-10H2,1-2H3,(H,21,22). The number of imidazole rings is 1. The van der Waals surface area contributed by atoms with Crippen LogP contribution < -0.4 is 0 Å². The summed E-state index contributed by atoms with van der Waals surface area (Å²) in [6.45, 7) is 5.56. The molecule has 0 radical (unpaired) electrons. The van der Waals surface area contributed by atoms with Crippen molar-refractivity contribution in [2.45, 2.75) is 38.5 Å². The molecule has 1 fully saturated rings. The number of aromatic amines is 1. The van der Waals surface area contributed by atoms with Gasteiger partial charge in [-0.15, -0.1) is 11.3 Å². The van der Waals surface area contributed by atoms with Crippen molar-refractivity contribution in [3.05, 3.63) is 45.1 Å². The molecule has 0 spiro atoms. The second-order valence-corrected chi connectivity index (χ2v) is 8.65. The van der Waals surface area contributed by atoms with Crippen molar-refractivity contribution in [2.75, 3.05) is 13.1 Å². The molecule has 5 nitrogen and oxygen atoms in total. The fourth-order valence-corrected chi connectivity index (χ4v) is 4.64. The molecule has 2 aromatic heterocycles. The average molecular weight is 389 g/mol. The minimum absolute atomic E-state index is 0.0000870. The summed E-state index contributed by atoms with van der Waals surface area (Å²) in [5.41, 5.74) is 2.59. The number of fused-ring (bicyclic) bond motifs is 1. The zero-order valence-corrected chi connectivity index (χ0v) is 16.4. The van der Waals surface area contributed by atoms with Crippen LogP contribution in [0.25, 0.3) is 11.0 Å². The molecule has 3 heterocycles. The molecule has 0 unspecified atom stereocenters. The second kappa shape index (κ2) is 7.00. The van der Waals surface area contributed by atoms with E-state index in [1.807, 2.05) is 29.2 Å². The van der Waals surface area contributed by atoms with Crippen LogP contribution in [0.3, 0.4) is 0 Å². The number of thiazole rings is 1. The molecular weight excluding hydrogens is 368 g/mol. The maximum absolute atomic E-state index is 12.9. The van der Waals surface area contributed by atoms with E-state index in [1.54, 1.807) is 0 Å². The van der Waals surface area contributed by atoms with Gasteiger partial charge in [0.25, 0.3) is 5.91 Å². The quantitative estimate of drug-likeness (QED) is 0.699. The molecule has 136 valence electrons. The third-order valence-electron chi connectivity index (χ3n) is 4.93. The number of carbonyl (C=O) groups is 1. The maximum Gasteiger partial charge on any atom is 0.273 e. The summed E-state index contributed by atoms with van der Waals surface area (Å²) in [7, 11) is 0. The van der Waals surface area contributed by atoms with Crippen LogP contribution in [-0.2, 0) is 0 Å². The molecule has 0 saturated carbocycles. The van der Waals surface area contributed by atoms with E-state index >= 15 is 0 Å². The molecular formula is C19H21ClN4OS. The summed E-state index contributed by atoms with van der Waals surface area (Å²) in [4.78, 5) is 28.2. The Balaban J connectivity index is 1.47. The Hall–Kier alpha value is -1.92. The molecule has 4 rings (SSSR count). The average Bonchev–Trinajstić information content (AvgIpc) is 3.25. The van der Waals surface area contributed by atoms with Crippen molar-refractivity contribution in [1.82, 2.24) is 19.9 Å². The van der Waals surface area contributed by atoms with Crippen LogP contribution in [0.1, 0.15) is 59.7 Å². The smallest absolute Gasteiger partial charge is 0.273 e. The van der Waals surface area contributed by atoms with Gasteiger partial charge in [0.2, 0.25) is 0 Å². The molecule has 0 bridgehead atoms. The van der Waals surface area contributed by atoms with Crippen molar-refractivity contribution >= 4 is 39.9 Å². The molecule has 1 saturated heterocycles. The van der Waals surface area contributed by atoms with Gasteiger partial charge < -0.3 is 9.88 Å². The van der Waals surface area contributed by atoms with Crippen LogP contribution in [0.2, 0.25) is 4.47 Å². The molecule has 7 heteroatoms. The van der Waals surface area contributed by atoms with Crippen LogP contribution in [0.15, 0.2) is 24.3 Å². The summed E-state index contributed by atoms with van der Waals surface area (Å²) in [5.74, 6) is 1.62. The predicted molar refractivity (Wildman–Crippen MR) is 105 cm³/mol. The summed E-state index contributed by atoms with van der Waals surface area (Å²) in [6.07, 6.45) is 1.81. The van der Waals surface area contributed by atoms with E-state index in [4.69, 9.17) is 16.6 Å². The zero-order valence-electron chi connectivity index (χ0n) is 14.8. The Morgan fingerprint density at radius 3 is 2.69 bits per heavy atom. The summed E-state index contributed by atoms with van der Waals surface area (Å²) in [6, 6.07) is 8.08. The Morgan fingerprint density at radius 2 is 2.00 bits per heavy atom. The zero-order chi connectivity index (χ0) is 18.3. The van der Waals surface area contributed by atoms with Gasteiger partial charge >= 0.3 is 0 Å². The van der Waals surface area contributed by atoms with E-state index in [0.717, 1.165) is 34.6 Å². The van der Waals surface area contributed by atoms with E-state index in [1.165, 1.54) is 11.3 Å². The number of rotatable bonds is 3. The third-order valence-corrected chi connectivity index (χ3v) is 6.39. The highest BCUT2D eigenvalue weighted by atomic mass is 35.5. The summed E-state index contributed by atoms with van der Waals surface area (Å²) in [5, 5.41) is 0.